The molecule has 122 valence electrons. The Balaban J connectivity index is 2.09. The highest BCUT2D eigenvalue weighted by atomic mass is 35.5. The van der Waals surface area contributed by atoms with Gasteiger partial charge in [0.05, 0.1) is 12.1 Å². The van der Waals surface area contributed by atoms with E-state index in [0.29, 0.717) is 17.1 Å². The molecule has 0 spiro atoms. The van der Waals surface area contributed by atoms with Crippen molar-refractivity contribution in [3.8, 4) is 0 Å². The van der Waals surface area contributed by atoms with Crippen LogP contribution in [0.4, 0.5) is 0 Å². The summed E-state index contributed by atoms with van der Waals surface area (Å²) in [6.45, 7) is 3.83. The molecule has 2 atom stereocenters. The Kier molecular flexibility index (Phi) is 5.52. The van der Waals surface area contributed by atoms with Gasteiger partial charge < -0.3 is 10.4 Å². The molecule has 6 nitrogen and oxygen atoms in total. The number of aromatic nitrogens is 2. The third-order valence-electron chi connectivity index (χ3n) is 3.44. The van der Waals surface area contributed by atoms with Gasteiger partial charge in [0.25, 0.3) is 11.5 Å². The number of aliphatic hydroxyl groups excluding tert-OH is 1. The average Bonchev–Trinajstić information content (AvgIpc) is 2.55. The van der Waals surface area contributed by atoms with Crippen LogP contribution in [0.2, 0.25) is 5.02 Å². The topological polar surface area (TPSA) is 84.2 Å². The zero-order chi connectivity index (χ0) is 17.0. The highest BCUT2D eigenvalue weighted by molar-refractivity contribution is 6.30. The number of benzene rings is 1. The van der Waals surface area contributed by atoms with E-state index in [1.165, 1.54) is 16.8 Å². The zero-order valence-electron chi connectivity index (χ0n) is 12.9. The van der Waals surface area contributed by atoms with Gasteiger partial charge in [-0.1, -0.05) is 23.7 Å². The minimum Gasteiger partial charge on any atom is -0.386 e. The molecule has 2 unspecified atom stereocenters. The fourth-order valence-corrected chi connectivity index (χ4v) is 2.23. The lowest BCUT2D eigenvalue weighted by Gasteiger charge is -2.20. The van der Waals surface area contributed by atoms with Crippen molar-refractivity contribution in [2.45, 2.75) is 32.5 Å². The minimum absolute atomic E-state index is 0.126. The van der Waals surface area contributed by atoms with Gasteiger partial charge in [-0.2, -0.15) is 5.10 Å². The SMILES string of the molecule is CCn1nc(C(=O)NC(C)C(O)c2ccc(Cl)cc2)ccc1=O. The first-order valence-electron chi connectivity index (χ1n) is 7.25. The van der Waals surface area contributed by atoms with Gasteiger partial charge in [0.1, 0.15) is 5.69 Å². The van der Waals surface area contributed by atoms with Crippen LogP contribution in [0.1, 0.15) is 36.0 Å². The molecule has 23 heavy (non-hydrogen) atoms. The summed E-state index contributed by atoms with van der Waals surface area (Å²) in [6, 6.07) is 8.88. The zero-order valence-corrected chi connectivity index (χ0v) is 13.6. The van der Waals surface area contributed by atoms with E-state index < -0.39 is 18.1 Å². The predicted octanol–water partition coefficient (Wildman–Crippen LogP) is 1.77. The van der Waals surface area contributed by atoms with E-state index in [9.17, 15) is 14.7 Å². The molecule has 7 heteroatoms. The van der Waals surface area contributed by atoms with Crippen LogP contribution in [-0.4, -0.2) is 26.8 Å². The second kappa shape index (κ2) is 7.39. The molecule has 0 aliphatic rings. The Morgan fingerprint density at radius 2 is 1.96 bits per heavy atom. The Labute approximate surface area is 138 Å². The number of aliphatic hydroxyl groups is 1. The summed E-state index contributed by atoms with van der Waals surface area (Å²) >= 11 is 5.81. The molecule has 0 bridgehead atoms. The molecular formula is C16H18ClN3O3. The monoisotopic (exact) mass is 335 g/mol. The van der Waals surface area contributed by atoms with Crippen molar-refractivity contribution in [2.75, 3.05) is 0 Å². The third-order valence-corrected chi connectivity index (χ3v) is 3.69. The number of rotatable bonds is 5. The van der Waals surface area contributed by atoms with E-state index in [-0.39, 0.29) is 11.3 Å². The summed E-state index contributed by atoms with van der Waals surface area (Å²) in [6.07, 6.45) is -0.881. The molecule has 0 saturated heterocycles. The van der Waals surface area contributed by atoms with Gasteiger partial charge in [-0.05, 0) is 37.6 Å². The maximum atomic E-state index is 12.2. The van der Waals surface area contributed by atoms with Crippen molar-refractivity contribution in [3.05, 3.63) is 63.0 Å². The van der Waals surface area contributed by atoms with E-state index in [4.69, 9.17) is 11.6 Å². The summed E-state index contributed by atoms with van der Waals surface area (Å²) in [5, 5.41) is 17.5. The van der Waals surface area contributed by atoms with Gasteiger partial charge in [0, 0.05) is 17.6 Å². The van der Waals surface area contributed by atoms with Crippen molar-refractivity contribution < 1.29 is 9.90 Å². The number of aryl methyl sites for hydroxylation is 1. The van der Waals surface area contributed by atoms with Crippen LogP contribution < -0.4 is 10.9 Å². The van der Waals surface area contributed by atoms with E-state index in [1.54, 1.807) is 38.1 Å². The summed E-state index contributed by atoms with van der Waals surface area (Å²) in [5.41, 5.74) is 0.508. The predicted molar refractivity (Wildman–Crippen MR) is 87.5 cm³/mol. The molecule has 2 rings (SSSR count). The van der Waals surface area contributed by atoms with E-state index in [1.807, 2.05) is 0 Å². The maximum Gasteiger partial charge on any atom is 0.272 e. The molecule has 0 saturated carbocycles. The largest absolute Gasteiger partial charge is 0.386 e. The molecular weight excluding hydrogens is 318 g/mol. The van der Waals surface area contributed by atoms with Crippen molar-refractivity contribution in [2.24, 2.45) is 0 Å². The summed E-state index contributed by atoms with van der Waals surface area (Å²) in [5.74, 6) is -0.451. The first kappa shape index (κ1) is 17.2. The molecule has 0 aliphatic carbocycles. The molecule has 2 N–H and O–H groups in total. The fraction of sp³-hybridized carbons (Fsp3) is 0.312. The van der Waals surface area contributed by atoms with Crippen molar-refractivity contribution >= 4 is 17.5 Å². The van der Waals surface area contributed by atoms with Crippen LogP contribution in [0.3, 0.4) is 0 Å². The van der Waals surface area contributed by atoms with Crippen molar-refractivity contribution in [1.82, 2.24) is 15.1 Å². The Bertz CT molecular complexity index is 743. The number of halogens is 1. The molecule has 1 aromatic heterocycles. The highest BCUT2D eigenvalue weighted by Crippen LogP contribution is 2.19. The molecule has 1 amide bonds. The maximum absolute atomic E-state index is 12.2. The van der Waals surface area contributed by atoms with E-state index >= 15 is 0 Å². The third kappa shape index (κ3) is 4.18. The summed E-state index contributed by atoms with van der Waals surface area (Å²) in [4.78, 5) is 23.7. The van der Waals surface area contributed by atoms with Crippen LogP contribution in [-0.2, 0) is 6.54 Å². The highest BCUT2D eigenvalue weighted by Gasteiger charge is 2.20. The number of nitrogens with zero attached hydrogens (tertiary/aromatic N) is 2. The lowest BCUT2D eigenvalue weighted by atomic mass is 10.0. The number of nitrogens with one attached hydrogen (secondary N) is 1. The van der Waals surface area contributed by atoms with Crippen molar-refractivity contribution in [3.63, 3.8) is 0 Å². The van der Waals surface area contributed by atoms with Crippen molar-refractivity contribution in [1.29, 1.82) is 0 Å². The second-order valence-corrected chi connectivity index (χ2v) is 5.57. The number of carbonyl (C=O) groups excluding carboxylic acids is 1. The van der Waals surface area contributed by atoms with E-state index in [0.717, 1.165) is 0 Å². The number of amides is 1. The van der Waals surface area contributed by atoms with Crippen LogP contribution in [0, 0.1) is 0 Å². The lowest BCUT2D eigenvalue weighted by molar-refractivity contribution is 0.0845. The van der Waals surface area contributed by atoms with Gasteiger partial charge in [-0.25, -0.2) is 4.68 Å². The standard InChI is InChI=1S/C16H18ClN3O3/c1-3-20-14(21)9-8-13(19-20)16(23)18-10(2)15(22)11-4-6-12(17)7-5-11/h4-10,15,22H,3H2,1-2H3,(H,18,23). The summed E-state index contributed by atoms with van der Waals surface area (Å²) < 4.78 is 1.20. The second-order valence-electron chi connectivity index (χ2n) is 5.13. The van der Waals surface area contributed by atoms with Crippen LogP contribution >= 0.6 is 11.6 Å². The fourth-order valence-electron chi connectivity index (χ4n) is 2.10. The van der Waals surface area contributed by atoms with Gasteiger partial charge in [0.2, 0.25) is 0 Å². The Hall–Kier alpha value is -2.18. The number of hydrogen-bond acceptors (Lipinski definition) is 4. The first-order chi connectivity index (χ1) is 10.9. The summed E-state index contributed by atoms with van der Waals surface area (Å²) in [7, 11) is 0. The first-order valence-corrected chi connectivity index (χ1v) is 7.62. The molecule has 0 fully saturated rings. The van der Waals surface area contributed by atoms with Gasteiger partial charge in [0.15, 0.2) is 0 Å². The molecule has 0 radical (unpaired) electrons. The molecule has 0 aliphatic heterocycles. The Morgan fingerprint density at radius 1 is 1.30 bits per heavy atom. The number of carbonyl (C=O) groups is 1. The molecule has 1 aromatic carbocycles. The smallest absolute Gasteiger partial charge is 0.272 e. The van der Waals surface area contributed by atoms with E-state index in [2.05, 4.69) is 10.4 Å². The molecule has 1 heterocycles. The number of hydrogen-bond donors (Lipinski definition) is 2. The Morgan fingerprint density at radius 3 is 2.57 bits per heavy atom. The van der Waals surface area contributed by atoms with Gasteiger partial charge in [-0.15, -0.1) is 0 Å². The molecule has 2 aromatic rings. The minimum atomic E-state index is -0.881. The van der Waals surface area contributed by atoms with Gasteiger partial charge in [-0.3, -0.25) is 9.59 Å². The average molecular weight is 336 g/mol. The lowest BCUT2D eigenvalue weighted by Crippen LogP contribution is -2.38. The van der Waals surface area contributed by atoms with Crippen LogP contribution in [0.15, 0.2) is 41.2 Å². The van der Waals surface area contributed by atoms with Crippen LogP contribution in [0.25, 0.3) is 0 Å². The normalized spacial score (nSPS) is 13.4. The van der Waals surface area contributed by atoms with Crippen LogP contribution in [0.5, 0.6) is 0 Å². The van der Waals surface area contributed by atoms with Gasteiger partial charge >= 0.3 is 0 Å². The quantitative estimate of drug-likeness (QED) is 0.872.